The Morgan fingerprint density at radius 1 is 1.47 bits per heavy atom. The molecule has 3 N–H and O–H groups in total. The number of carbonyl (C=O) groups excluding carboxylic acids is 1. The molecule has 0 saturated heterocycles. The van der Waals surface area contributed by atoms with Crippen molar-refractivity contribution in [1.29, 1.82) is 0 Å². The molecule has 0 aliphatic rings. The van der Waals surface area contributed by atoms with Crippen molar-refractivity contribution in [2.45, 2.75) is 13.0 Å². The summed E-state index contributed by atoms with van der Waals surface area (Å²) >= 11 is 12.1. The molecule has 0 heterocycles. The van der Waals surface area contributed by atoms with Crippen LogP contribution in [0.1, 0.15) is 18.5 Å². The number of benzene rings is 1. The third kappa shape index (κ3) is 4.66. The molecule has 4 nitrogen and oxygen atoms in total. The van der Waals surface area contributed by atoms with E-state index in [0.29, 0.717) is 16.6 Å². The van der Waals surface area contributed by atoms with Crippen molar-refractivity contribution in [1.82, 2.24) is 5.32 Å². The van der Waals surface area contributed by atoms with E-state index in [1.807, 2.05) is 13.0 Å². The molecule has 0 radical (unpaired) electrons. The average molecular weight is 305 g/mol. The normalized spacial score (nSPS) is 13.9. The fraction of sp³-hybridized carbons (Fsp3) is 0.462. The maximum atomic E-state index is 11.2. The zero-order chi connectivity index (χ0) is 14.4. The molecular weight excluding hydrogens is 287 g/mol. The molecule has 0 fully saturated rings. The van der Waals surface area contributed by atoms with Crippen molar-refractivity contribution in [3.8, 4) is 0 Å². The third-order valence-corrected chi connectivity index (χ3v) is 3.49. The maximum absolute atomic E-state index is 11.2. The molecule has 0 amide bonds. The van der Waals surface area contributed by atoms with Crippen molar-refractivity contribution in [2.24, 2.45) is 11.7 Å². The molecule has 2 atom stereocenters. The minimum atomic E-state index is -0.334. The monoisotopic (exact) mass is 304 g/mol. The van der Waals surface area contributed by atoms with E-state index < -0.39 is 0 Å². The van der Waals surface area contributed by atoms with Crippen LogP contribution in [0.25, 0.3) is 0 Å². The number of methoxy groups -OCH3 is 1. The molecule has 0 aliphatic carbocycles. The second-order valence-electron chi connectivity index (χ2n) is 4.31. The standard InChI is InChI=1S/C13H18Cl2N2O2/c1-8(6-16)13(17-7-12(18)19-2)10-4-3-9(14)5-11(10)15/h3-5,8,13,17H,6-7,16H2,1-2H3. The lowest BCUT2D eigenvalue weighted by Crippen LogP contribution is -2.35. The highest BCUT2D eigenvalue weighted by atomic mass is 35.5. The first kappa shape index (κ1) is 16.2. The molecule has 0 aromatic heterocycles. The Bertz CT molecular complexity index is 441. The quantitative estimate of drug-likeness (QED) is 0.792. The zero-order valence-electron chi connectivity index (χ0n) is 11.0. The van der Waals surface area contributed by atoms with Gasteiger partial charge in [-0.05, 0) is 30.2 Å². The summed E-state index contributed by atoms with van der Waals surface area (Å²) in [5.74, 6) is -0.220. The second kappa shape index (κ2) is 7.70. The van der Waals surface area contributed by atoms with Crippen LogP contribution in [0.2, 0.25) is 10.0 Å². The fourth-order valence-corrected chi connectivity index (χ4v) is 2.30. The molecule has 0 bridgehead atoms. The third-order valence-electron chi connectivity index (χ3n) is 2.93. The van der Waals surface area contributed by atoms with Crippen molar-refractivity contribution in [3.05, 3.63) is 33.8 Å². The molecule has 0 aliphatic heterocycles. The van der Waals surface area contributed by atoms with Gasteiger partial charge in [-0.25, -0.2) is 0 Å². The van der Waals surface area contributed by atoms with Gasteiger partial charge >= 0.3 is 5.97 Å². The fourth-order valence-electron chi connectivity index (χ4n) is 1.77. The number of halogens is 2. The highest BCUT2D eigenvalue weighted by Crippen LogP contribution is 2.30. The molecule has 1 aromatic rings. The Balaban J connectivity index is 2.92. The second-order valence-corrected chi connectivity index (χ2v) is 5.16. The summed E-state index contributed by atoms with van der Waals surface area (Å²) in [4.78, 5) is 11.2. The van der Waals surface area contributed by atoms with E-state index in [9.17, 15) is 4.79 Å². The van der Waals surface area contributed by atoms with Crippen molar-refractivity contribution in [3.63, 3.8) is 0 Å². The van der Waals surface area contributed by atoms with Crippen molar-refractivity contribution >= 4 is 29.2 Å². The van der Waals surface area contributed by atoms with E-state index in [-0.39, 0.29) is 24.5 Å². The van der Waals surface area contributed by atoms with Gasteiger partial charge in [0.25, 0.3) is 0 Å². The van der Waals surface area contributed by atoms with Crippen LogP contribution in [-0.4, -0.2) is 26.2 Å². The van der Waals surface area contributed by atoms with Gasteiger partial charge in [0, 0.05) is 16.1 Å². The topological polar surface area (TPSA) is 64.3 Å². The van der Waals surface area contributed by atoms with Gasteiger partial charge in [-0.2, -0.15) is 0 Å². The minimum Gasteiger partial charge on any atom is -0.468 e. The van der Waals surface area contributed by atoms with Crippen LogP contribution in [0.5, 0.6) is 0 Å². The molecule has 1 rings (SSSR count). The Morgan fingerprint density at radius 3 is 2.68 bits per heavy atom. The van der Waals surface area contributed by atoms with Crippen LogP contribution in [0, 0.1) is 5.92 Å². The van der Waals surface area contributed by atoms with E-state index >= 15 is 0 Å². The number of hydrogen-bond donors (Lipinski definition) is 2. The summed E-state index contributed by atoms with van der Waals surface area (Å²) in [7, 11) is 1.35. The predicted octanol–water partition coefficient (Wildman–Crippen LogP) is 2.39. The van der Waals surface area contributed by atoms with Crippen LogP contribution < -0.4 is 11.1 Å². The molecule has 106 valence electrons. The lowest BCUT2D eigenvalue weighted by molar-refractivity contribution is -0.139. The molecule has 2 unspecified atom stereocenters. The number of ether oxygens (including phenoxy) is 1. The number of hydrogen-bond acceptors (Lipinski definition) is 4. The van der Waals surface area contributed by atoms with Gasteiger partial charge in [0.05, 0.1) is 13.7 Å². The van der Waals surface area contributed by atoms with E-state index in [1.165, 1.54) is 7.11 Å². The Morgan fingerprint density at radius 2 is 2.16 bits per heavy atom. The van der Waals surface area contributed by atoms with E-state index in [0.717, 1.165) is 5.56 Å². The average Bonchev–Trinajstić information content (AvgIpc) is 2.40. The molecule has 1 aromatic carbocycles. The maximum Gasteiger partial charge on any atom is 0.319 e. The number of carbonyl (C=O) groups is 1. The molecular formula is C13H18Cl2N2O2. The lowest BCUT2D eigenvalue weighted by Gasteiger charge is -2.25. The van der Waals surface area contributed by atoms with Gasteiger partial charge in [0.1, 0.15) is 0 Å². The van der Waals surface area contributed by atoms with Gasteiger partial charge in [-0.15, -0.1) is 0 Å². The Labute approximate surface area is 123 Å². The van der Waals surface area contributed by atoms with Gasteiger partial charge in [-0.3, -0.25) is 10.1 Å². The summed E-state index contributed by atoms with van der Waals surface area (Å²) in [6.45, 7) is 2.56. The van der Waals surface area contributed by atoms with Crippen LogP contribution in [0.15, 0.2) is 18.2 Å². The van der Waals surface area contributed by atoms with Gasteiger partial charge in [0.2, 0.25) is 0 Å². The number of nitrogens with two attached hydrogens (primary N) is 1. The van der Waals surface area contributed by atoms with Crippen LogP contribution in [0.3, 0.4) is 0 Å². The molecule has 0 saturated carbocycles. The largest absolute Gasteiger partial charge is 0.468 e. The first-order valence-electron chi connectivity index (χ1n) is 5.94. The van der Waals surface area contributed by atoms with E-state index in [2.05, 4.69) is 10.1 Å². The van der Waals surface area contributed by atoms with Gasteiger partial charge < -0.3 is 10.5 Å². The van der Waals surface area contributed by atoms with Gasteiger partial charge in [-0.1, -0.05) is 36.2 Å². The smallest absolute Gasteiger partial charge is 0.319 e. The lowest BCUT2D eigenvalue weighted by atomic mass is 9.94. The number of nitrogens with one attached hydrogen (secondary N) is 1. The summed E-state index contributed by atoms with van der Waals surface area (Å²) < 4.78 is 4.61. The summed E-state index contributed by atoms with van der Waals surface area (Å²) in [6, 6.07) is 5.15. The van der Waals surface area contributed by atoms with Crippen LogP contribution in [-0.2, 0) is 9.53 Å². The Hall–Kier alpha value is -0.810. The Kier molecular flexibility index (Phi) is 6.58. The number of esters is 1. The predicted molar refractivity (Wildman–Crippen MR) is 77.4 cm³/mol. The SMILES string of the molecule is COC(=O)CNC(c1ccc(Cl)cc1Cl)C(C)CN. The number of rotatable bonds is 6. The van der Waals surface area contributed by atoms with Gasteiger partial charge in [0.15, 0.2) is 0 Å². The van der Waals surface area contributed by atoms with E-state index in [1.54, 1.807) is 12.1 Å². The van der Waals surface area contributed by atoms with Crippen molar-refractivity contribution < 1.29 is 9.53 Å². The molecule has 19 heavy (non-hydrogen) atoms. The molecule has 6 heteroatoms. The highest BCUT2D eigenvalue weighted by molar-refractivity contribution is 6.35. The minimum absolute atomic E-state index is 0.102. The van der Waals surface area contributed by atoms with Crippen molar-refractivity contribution in [2.75, 3.05) is 20.2 Å². The molecule has 0 spiro atoms. The summed E-state index contributed by atoms with van der Waals surface area (Å²) in [5, 5.41) is 4.24. The van der Waals surface area contributed by atoms with Crippen LogP contribution in [0.4, 0.5) is 0 Å². The summed E-state index contributed by atoms with van der Waals surface area (Å²) in [6.07, 6.45) is 0. The summed E-state index contributed by atoms with van der Waals surface area (Å²) in [5.41, 5.74) is 6.57. The van der Waals surface area contributed by atoms with Crippen LogP contribution >= 0.6 is 23.2 Å². The highest BCUT2D eigenvalue weighted by Gasteiger charge is 2.21. The first-order valence-corrected chi connectivity index (χ1v) is 6.70. The van der Waals surface area contributed by atoms with E-state index in [4.69, 9.17) is 28.9 Å². The zero-order valence-corrected chi connectivity index (χ0v) is 12.5. The first-order chi connectivity index (χ1) is 8.99.